The van der Waals surface area contributed by atoms with Crippen molar-refractivity contribution in [2.75, 3.05) is 18.6 Å². The fraction of sp³-hybridized carbons (Fsp3) is 0.273. The standard InChI is InChI=1S/C11H13NO3/c1-9(13)15-8-11(14)12(2)10-6-4-3-5-7-10/h3-7H,8H2,1-2H3. The Labute approximate surface area is 88.5 Å². The molecule has 0 aromatic heterocycles. The highest BCUT2D eigenvalue weighted by atomic mass is 16.5. The van der Waals surface area contributed by atoms with Crippen molar-refractivity contribution in [3.05, 3.63) is 30.3 Å². The normalized spacial score (nSPS) is 9.47. The predicted octanol–water partition coefficient (Wildman–Crippen LogP) is 1.21. The molecule has 0 radical (unpaired) electrons. The number of anilines is 1. The summed E-state index contributed by atoms with van der Waals surface area (Å²) >= 11 is 0. The molecular weight excluding hydrogens is 194 g/mol. The van der Waals surface area contributed by atoms with Crippen molar-refractivity contribution >= 4 is 17.6 Å². The van der Waals surface area contributed by atoms with Gasteiger partial charge in [0.1, 0.15) is 0 Å². The molecule has 0 unspecified atom stereocenters. The van der Waals surface area contributed by atoms with Crippen LogP contribution in [0.2, 0.25) is 0 Å². The third kappa shape index (κ3) is 3.42. The van der Waals surface area contributed by atoms with Crippen molar-refractivity contribution in [1.29, 1.82) is 0 Å². The first kappa shape index (κ1) is 11.2. The Balaban J connectivity index is 2.57. The SMILES string of the molecule is CC(=O)OCC(=O)N(C)c1ccccc1. The van der Waals surface area contributed by atoms with E-state index < -0.39 is 5.97 Å². The highest BCUT2D eigenvalue weighted by Gasteiger charge is 2.11. The molecule has 0 heterocycles. The molecule has 0 aliphatic rings. The van der Waals surface area contributed by atoms with Crippen molar-refractivity contribution in [3.8, 4) is 0 Å². The Morgan fingerprint density at radius 2 is 1.87 bits per heavy atom. The molecule has 1 rings (SSSR count). The zero-order valence-electron chi connectivity index (χ0n) is 8.77. The number of ether oxygens (including phenoxy) is 1. The highest BCUT2D eigenvalue weighted by molar-refractivity contribution is 5.94. The second-order valence-electron chi connectivity index (χ2n) is 3.07. The van der Waals surface area contributed by atoms with Gasteiger partial charge in [-0.1, -0.05) is 18.2 Å². The van der Waals surface area contributed by atoms with Gasteiger partial charge in [-0.15, -0.1) is 0 Å². The first-order valence-electron chi connectivity index (χ1n) is 4.56. The minimum atomic E-state index is -0.454. The largest absolute Gasteiger partial charge is 0.456 e. The number of rotatable bonds is 3. The lowest BCUT2D eigenvalue weighted by atomic mass is 10.3. The Bertz CT molecular complexity index is 348. The van der Waals surface area contributed by atoms with Gasteiger partial charge in [0.05, 0.1) is 0 Å². The number of para-hydroxylation sites is 1. The minimum Gasteiger partial charge on any atom is -0.456 e. The summed E-state index contributed by atoms with van der Waals surface area (Å²) in [5.41, 5.74) is 0.773. The maximum atomic E-state index is 11.5. The number of hydrogen-bond donors (Lipinski definition) is 0. The predicted molar refractivity (Wildman–Crippen MR) is 56.5 cm³/mol. The van der Waals surface area contributed by atoms with Crippen LogP contribution in [0.3, 0.4) is 0 Å². The summed E-state index contributed by atoms with van der Waals surface area (Å²) < 4.78 is 4.62. The van der Waals surface area contributed by atoms with E-state index in [1.54, 1.807) is 7.05 Å². The molecule has 15 heavy (non-hydrogen) atoms. The third-order valence-electron chi connectivity index (χ3n) is 1.92. The Morgan fingerprint density at radius 3 is 2.40 bits per heavy atom. The minimum absolute atomic E-state index is 0.222. The third-order valence-corrected chi connectivity index (χ3v) is 1.92. The van der Waals surface area contributed by atoms with Crippen molar-refractivity contribution in [3.63, 3.8) is 0 Å². The second-order valence-corrected chi connectivity index (χ2v) is 3.07. The van der Waals surface area contributed by atoms with Crippen LogP contribution in [0.5, 0.6) is 0 Å². The molecule has 0 saturated heterocycles. The van der Waals surface area contributed by atoms with E-state index in [9.17, 15) is 9.59 Å². The maximum Gasteiger partial charge on any atom is 0.303 e. The zero-order valence-corrected chi connectivity index (χ0v) is 8.77. The Kier molecular flexibility index (Phi) is 3.85. The monoisotopic (exact) mass is 207 g/mol. The van der Waals surface area contributed by atoms with Crippen LogP contribution in [0.1, 0.15) is 6.92 Å². The maximum absolute atomic E-state index is 11.5. The molecule has 0 atom stereocenters. The Hall–Kier alpha value is -1.84. The van der Waals surface area contributed by atoms with Gasteiger partial charge in [-0.25, -0.2) is 0 Å². The molecule has 4 nitrogen and oxygen atoms in total. The van der Waals surface area contributed by atoms with Crippen molar-refractivity contribution in [1.82, 2.24) is 0 Å². The van der Waals surface area contributed by atoms with E-state index in [2.05, 4.69) is 4.74 Å². The number of likely N-dealkylation sites (N-methyl/N-ethyl adjacent to an activating group) is 1. The van der Waals surface area contributed by atoms with Crippen LogP contribution < -0.4 is 4.90 Å². The summed E-state index contributed by atoms with van der Waals surface area (Å²) in [6.07, 6.45) is 0. The topological polar surface area (TPSA) is 46.6 Å². The van der Waals surface area contributed by atoms with Gasteiger partial charge in [0.25, 0.3) is 5.91 Å². The molecule has 0 saturated carbocycles. The second kappa shape index (κ2) is 5.14. The van der Waals surface area contributed by atoms with E-state index in [0.717, 1.165) is 5.69 Å². The molecule has 0 aliphatic heterocycles. The lowest BCUT2D eigenvalue weighted by molar-refractivity contribution is -0.145. The van der Waals surface area contributed by atoms with Gasteiger partial charge in [-0.2, -0.15) is 0 Å². The lowest BCUT2D eigenvalue weighted by Crippen LogP contribution is -2.30. The van der Waals surface area contributed by atoms with Crippen molar-refractivity contribution < 1.29 is 14.3 Å². The molecule has 0 aliphatic carbocycles. The fourth-order valence-electron chi connectivity index (χ4n) is 1.06. The van der Waals surface area contributed by atoms with Gasteiger partial charge in [-0.3, -0.25) is 9.59 Å². The van der Waals surface area contributed by atoms with Gasteiger partial charge in [0.2, 0.25) is 0 Å². The lowest BCUT2D eigenvalue weighted by Gasteiger charge is -2.16. The molecule has 1 amide bonds. The molecular formula is C11H13NO3. The van der Waals surface area contributed by atoms with Crippen LogP contribution >= 0.6 is 0 Å². The van der Waals surface area contributed by atoms with Crippen LogP contribution in [0.15, 0.2) is 30.3 Å². The summed E-state index contributed by atoms with van der Waals surface area (Å²) in [6, 6.07) is 9.17. The molecule has 0 bridgehead atoms. The van der Waals surface area contributed by atoms with E-state index in [1.165, 1.54) is 11.8 Å². The summed E-state index contributed by atoms with van der Waals surface area (Å²) in [6.45, 7) is 1.05. The van der Waals surface area contributed by atoms with Crippen LogP contribution in [-0.4, -0.2) is 25.5 Å². The van der Waals surface area contributed by atoms with E-state index in [1.807, 2.05) is 30.3 Å². The molecule has 0 N–H and O–H groups in total. The van der Waals surface area contributed by atoms with E-state index in [0.29, 0.717) is 0 Å². The Morgan fingerprint density at radius 1 is 1.27 bits per heavy atom. The highest BCUT2D eigenvalue weighted by Crippen LogP contribution is 2.10. The molecule has 0 spiro atoms. The van der Waals surface area contributed by atoms with Gasteiger partial charge < -0.3 is 9.64 Å². The zero-order chi connectivity index (χ0) is 11.3. The quantitative estimate of drug-likeness (QED) is 0.700. The van der Waals surface area contributed by atoms with Crippen molar-refractivity contribution in [2.45, 2.75) is 6.92 Å². The van der Waals surface area contributed by atoms with Gasteiger partial charge in [0.15, 0.2) is 6.61 Å². The van der Waals surface area contributed by atoms with Crippen LogP contribution in [0.25, 0.3) is 0 Å². The van der Waals surface area contributed by atoms with Gasteiger partial charge in [-0.05, 0) is 12.1 Å². The summed E-state index contributed by atoms with van der Waals surface area (Å²) in [5, 5.41) is 0. The van der Waals surface area contributed by atoms with E-state index in [-0.39, 0.29) is 12.5 Å². The smallest absolute Gasteiger partial charge is 0.303 e. The summed E-state index contributed by atoms with van der Waals surface area (Å²) in [4.78, 5) is 23.5. The van der Waals surface area contributed by atoms with Crippen LogP contribution in [0, 0.1) is 0 Å². The average molecular weight is 207 g/mol. The molecule has 1 aromatic carbocycles. The summed E-state index contributed by atoms with van der Waals surface area (Å²) in [7, 11) is 1.64. The number of carbonyl (C=O) groups is 2. The fourth-order valence-corrected chi connectivity index (χ4v) is 1.06. The average Bonchev–Trinajstić information content (AvgIpc) is 2.26. The number of amides is 1. The number of esters is 1. The molecule has 1 aromatic rings. The van der Waals surface area contributed by atoms with Gasteiger partial charge >= 0.3 is 5.97 Å². The molecule has 0 fully saturated rings. The number of benzene rings is 1. The molecule has 80 valence electrons. The van der Waals surface area contributed by atoms with Crippen LogP contribution in [-0.2, 0) is 14.3 Å². The first-order valence-corrected chi connectivity index (χ1v) is 4.56. The number of carbonyl (C=O) groups excluding carboxylic acids is 2. The van der Waals surface area contributed by atoms with E-state index >= 15 is 0 Å². The summed E-state index contributed by atoms with van der Waals surface area (Å²) in [5.74, 6) is -0.707. The van der Waals surface area contributed by atoms with Gasteiger partial charge in [0, 0.05) is 19.7 Å². The number of nitrogens with zero attached hydrogens (tertiary/aromatic N) is 1. The first-order chi connectivity index (χ1) is 7.11. The van der Waals surface area contributed by atoms with Crippen LogP contribution in [0.4, 0.5) is 5.69 Å². The van der Waals surface area contributed by atoms with E-state index in [4.69, 9.17) is 0 Å². The van der Waals surface area contributed by atoms with Crippen molar-refractivity contribution in [2.24, 2.45) is 0 Å². The number of hydrogen-bond acceptors (Lipinski definition) is 3. The molecule has 4 heteroatoms.